The van der Waals surface area contributed by atoms with Crippen LogP contribution in [0, 0.1) is 0 Å². The molecule has 0 radical (unpaired) electrons. The molecule has 1 unspecified atom stereocenters. The van der Waals surface area contributed by atoms with E-state index < -0.39 is 0 Å². The Labute approximate surface area is 132 Å². The third kappa shape index (κ3) is 3.34. The van der Waals surface area contributed by atoms with Crippen molar-refractivity contribution in [1.29, 1.82) is 0 Å². The standard InChI is InChI=1S/C15H19BrN2OS/c1-10(17)15-12(5-4-6-13(15)19-3)18(2)8-11-7-14(16)20-9-11/h4-7,9-10H,8,17H2,1-3H3. The second kappa shape index (κ2) is 6.61. The van der Waals surface area contributed by atoms with Gasteiger partial charge in [0.2, 0.25) is 0 Å². The first-order chi connectivity index (χ1) is 9.52. The van der Waals surface area contributed by atoms with E-state index in [1.165, 1.54) is 5.56 Å². The summed E-state index contributed by atoms with van der Waals surface area (Å²) >= 11 is 5.20. The summed E-state index contributed by atoms with van der Waals surface area (Å²) in [6.07, 6.45) is 0. The Bertz CT molecular complexity index is 583. The number of nitrogens with zero attached hydrogens (tertiary/aromatic N) is 1. The lowest BCUT2D eigenvalue weighted by atomic mass is 10.0. The van der Waals surface area contributed by atoms with Crippen molar-refractivity contribution in [2.45, 2.75) is 19.5 Å². The molecule has 0 amide bonds. The van der Waals surface area contributed by atoms with Gasteiger partial charge in [0.05, 0.1) is 10.9 Å². The number of nitrogens with two attached hydrogens (primary N) is 1. The molecule has 0 aliphatic carbocycles. The quantitative estimate of drug-likeness (QED) is 0.875. The summed E-state index contributed by atoms with van der Waals surface area (Å²) < 4.78 is 6.59. The second-order valence-corrected chi connectivity index (χ2v) is 7.09. The number of thiophene rings is 1. The Balaban J connectivity index is 2.31. The average molecular weight is 355 g/mol. The number of halogens is 1. The molecular weight excluding hydrogens is 336 g/mol. The highest BCUT2D eigenvalue weighted by Crippen LogP contribution is 2.34. The molecule has 20 heavy (non-hydrogen) atoms. The van der Waals surface area contributed by atoms with Gasteiger partial charge >= 0.3 is 0 Å². The van der Waals surface area contributed by atoms with Crippen molar-refractivity contribution in [3.8, 4) is 5.75 Å². The van der Waals surface area contributed by atoms with Gasteiger partial charge < -0.3 is 15.4 Å². The summed E-state index contributed by atoms with van der Waals surface area (Å²) in [7, 11) is 3.76. The van der Waals surface area contributed by atoms with Gasteiger partial charge in [-0.15, -0.1) is 11.3 Å². The molecule has 1 aromatic carbocycles. The molecular formula is C15H19BrN2OS. The normalized spacial score (nSPS) is 12.2. The minimum Gasteiger partial charge on any atom is -0.496 e. The molecule has 0 fully saturated rings. The highest BCUT2D eigenvalue weighted by Gasteiger charge is 2.16. The van der Waals surface area contributed by atoms with Crippen LogP contribution in [0.1, 0.15) is 24.1 Å². The molecule has 1 atom stereocenters. The van der Waals surface area contributed by atoms with Crippen LogP contribution in [0.3, 0.4) is 0 Å². The molecule has 3 nitrogen and oxygen atoms in total. The van der Waals surface area contributed by atoms with Crippen molar-refractivity contribution in [1.82, 2.24) is 0 Å². The van der Waals surface area contributed by atoms with E-state index in [1.54, 1.807) is 18.4 Å². The monoisotopic (exact) mass is 354 g/mol. The third-order valence-electron chi connectivity index (χ3n) is 3.17. The van der Waals surface area contributed by atoms with Crippen LogP contribution < -0.4 is 15.4 Å². The van der Waals surface area contributed by atoms with Crippen LogP contribution in [0.15, 0.2) is 33.4 Å². The lowest BCUT2D eigenvalue weighted by molar-refractivity contribution is 0.407. The van der Waals surface area contributed by atoms with E-state index in [9.17, 15) is 0 Å². The number of methoxy groups -OCH3 is 1. The molecule has 2 N–H and O–H groups in total. The molecule has 108 valence electrons. The SMILES string of the molecule is COc1cccc(N(C)Cc2csc(Br)c2)c1C(C)N. The van der Waals surface area contributed by atoms with Crippen LogP contribution in [-0.4, -0.2) is 14.2 Å². The zero-order chi connectivity index (χ0) is 14.7. The largest absolute Gasteiger partial charge is 0.496 e. The first-order valence-corrected chi connectivity index (χ1v) is 8.06. The van der Waals surface area contributed by atoms with Crippen LogP contribution in [-0.2, 0) is 6.54 Å². The smallest absolute Gasteiger partial charge is 0.125 e. The molecule has 5 heteroatoms. The van der Waals surface area contributed by atoms with Crippen molar-refractivity contribution < 1.29 is 4.74 Å². The Morgan fingerprint density at radius 2 is 2.20 bits per heavy atom. The van der Waals surface area contributed by atoms with E-state index in [0.29, 0.717) is 0 Å². The Kier molecular flexibility index (Phi) is 5.07. The molecule has 0 spiro atoms. The lowest BCUT2D eigenvalue weighted by Crippen LogP contribution is -2.20. The summed E-state index contributed by atoms with van der Waals surface area (Å²) in [5.74, 6) is 0.843. The van der Waals surface area contributed by atoms with Crippen LogP contribution in [0.5, 0.6) is 5.75 Å². The van der Waals surface area contributed by atoms with Gasteiger partial charge in [0, 0.05) is 30.9 Å². The fraction of sp³-hybridized carbons (Fsp3) is 0.333. The number of anilines is 1. The second-order valence-electron chi connectivity index (χ2n) is 4.80. The van der Waals surface area contributed by atoms with Gasteiger partial charge in [0.15, 0.2) is 0 Å². The fourth-order valence-electron chi connectivity index (χ4n) is 2.29. The maximum atomic E-state index is 6.11. The number of hydrogen-bond acceptors (Lipinski definition) is 4. The van der Waals surface area contributed by atoms with E-state index in [0.717, 1.165) is 27.3 Å². The highest BCUT2D eigenvalue weighted by atomic mass is 79.9. The van der Waals surface area contributed by atoms with Gasteiger partial charge in [-0.25, -0.2) is 0 Å². The average Bonchev–Trinajstić information content (AvgIpc) is 2.82. The highest BCUT2D eigenvalue weighted by molar-refractivity contribution is 9.11. The Hall–Kier alpha value is -1.04. The number of hydrogen-bond donors (Lipinski definition) is 1. The topological polar surface area (TPSA) is 38.5 Å². The van der Waals surface area contributed by atoms with Gasteiger partial charge in [0.1, 0.15) is 5.75 Å². The number of rotatable bonds is 5. The molecule has 1 heterocycles. The van der Waals surface area contributed by atoms with E-state index in [4.69, 9.17) is 10.5 Å². The predicted octanol–water partition coefficient (Wildman–Crippen LogP) is 4.18. The molecule has 2 rings (SSSR count). The number of ether oxygens (including phenoxy) is 1. The molecule has 0 saturated heterocycles. The van der Waals surface area contributed by atoms with E-state index in [2.05, 4.69) is 45.4 Å². The van der Waals surface area contributed by atoms with Gasteiger partial charge in [-0.05, 0) is 52.0 Å². The molecule has 2 aromatic rings. The van der Waals surface area contributed by atoms with Crippen molar-refractivity contribution >= 4 is 33.0 Å². The summed E-state index contributed by atoms with van der Waals surface area (Å²) in [6, 6.07) is 8.12. The van der Waals surface area contributed by atoms with Crippen LogP contribution in [0.2, 0.25) is 0 Å². The first-order valence-electron chi connectivity index (χ1n) is 6.39. The van der Waals surface area contributed by atoms with Gasteiger partial charge in [-0.2, -0.15) is 0 Å². The number of benzene rings is 1. The molecule has 0 saturated carbocycles. The Morgan fingerprint density at radius 1 is 1.45 bits per heavy atom. The first kappa shape index (κ1) is 15.4. The predicted molar refractivity (Wildman–Crippen MR) is 89.7 cm³/mol. The fourth-order valence-corrected chi connectivity index (χ4v) is 3.49. The zero-order valence-corrected chi connectivity index (χ0v) is 14.3. The van der Waals surface area contributed by atoms with E-state index >= 15 is 0 Å². The van der Waals surface area contributed by atoms with Gasteiger partial charge in [0.25, 0.3) is 0 Å². The van der Waals surface area contributed by atoms with Crippen molar-refractivity contribution in [2.24, 2.45) is 5.73 Å². The molecule has 0 aliphatic heterocycles. The van der Waals surface area contributed by atoms with Crippen LogP contribution in [0.4, 0.5) is 5.69 Å². The Morgan fingerprint density at radius 3 is 2.75 bits per heavy atom. The zero-order valence-electron chi connectivity index (χ0n) is 11.9. The van der Waals surface area contributed by atoms with E-state index in [-0.39, 0.29) is 6.04 Å². The maximum absolute atomic E-state index is 6.11. The van der Waals surface area contributed by atoms with Crippen molar-refractivity contribution in [3.63, 3.8) is 0 Å². The summed E-state index contributed by atoms with van der Waals surface area (Å²) in [6.45, 7) is 2.82. The van der Waals surface area contributed by atoms with Crippen molar-refractivity contribution in [3.05, 3.63) is 44.6 Å². The third-order valence-corrected chi connectivity index (χ3v) is 4.72. The lowest BCUT2D eigenvalue weighted by Gasteiger charge is -2.25. The summed E-state index contributed by atoms with van der Waals surface area (Å²) in [4.78, 5) is 2.20. The summed E-state index contributed by atoms with van der Waals surface area (Å²) in [5, 5.41) is 2.16. The van der Waals surface area contributed by atoms with Gasteiger partial charge in [-0.3, -0.25) is 0 Å². The van der Waals surface area contributed by atoms with Crippen LogP contribution >= 0.6 is 27.3 Å². The molecule has 0 aliphatic rings. The summed E-state index contributed by atoms with van der Waals surface area (Å²) in [5.41, 5.74) is 9.56. The maximum Gasteiger partial charge on any atom is 0.125 e. The van der Waals surface area contributed by atoms with Crippen molar-refractivity contribution in [2.75, 3.05) is 19.1 Å². The van der Waals surface area contributed by atoms with Gasteiger partial charge in [-0.1, -0.05) is 6.07 Å². The minimum atomic E-state index is -0.0715. The molecule has 0 bridgehead atoms. The van der Waals surface area contributed by atoms with Crippen LogP contribution in [0.25, 0.3) is 0 Å². The van der Waals surface area contributed by atoms with E-state index in [1.807, 2.05) is 19.1 Å². The molecule has 1 aromatic heterocycles. The minimum absolute atomic E-state index is 0.0715.